The van der Waals surface area contributed by atoms with Gasteiger partial charge in [-0.05, 0) is 35.7 Å². The molecular weight excluding hydrogens is 694 g/mol. The monoisotopic (exact) mass is 721 g/mol. The number of rotatable bonds is 2. The molecule has 7 N–H and O–H groups in total. The number of nitrogens with one attached hydrogen (secondary N) is 1. The minimum atomic E-state index is -4.25. The van der Waals surface area contributed by atoms with Crippen LogP contribution in [0.3, 0.4) is 0 Å². The molecule has 46 heavy (non-hydrogen) atoms. The molecule has 3 aliphatic rings. The first kappa shape index (κ1) is 32.1. The Bertz CT molecular complexity index is 1970. The number of aromatic nitrogens is 5. The van der Waals surface area contributed by atoms with Gasteiger partial charge in [0.2, 0.25) is 0 Å². The van der Waals surface area contributed by atoms with Gasteiger partial charge in [0, 0.05) is 36.0 Å². The van der Waals surface area contributed by atoms with Gasteiger partial charge < -0.3 is 53.9 Å². The molecule has 4 aromatic rings. The molecule has 0 aliphatic carbocycles. The molecule has 0 aromatic carbocycles. The molecule has 4 aromatic heterocycles. The molecule has 10 atom stereocenters. The molecule has 2 bridgehead atoms. The summed E-state index contributed by atoms with van der Waals surface area (Å²) >= 11 is 10.4. The Hall–Kier alpha value is -2.45. The van der Waals surface area contributed by atoms with Gasteiger partial charge in [-0.15, -0.1) is 0 Å². The van der Waals surface area contributed by atoms with Crippen molar-refractivity contribution >= 4 is 70.6 Å². The lowest BCUT2D eigenvalue weighted by Gasteiger charge is -2.27. The number of fused-ring (bicyclic) bond motifs is 5. The molecule has 7 rings (SSSR count). The smallest absolute Gasteiger partial charge is 0.325 e. The second kappa shape index (κ2) is 11.9. The second-order valence-corrected chi connectivity index (χ2v) is 16.4. The van der Waals surface area contributed by atoms with E-state index in [0.29, 0.717) is 16.7 Å². The summed E-state index contributed by atoms with van der Waals surface area (Å²) in [5.74, 6) is 0.00467. The maximum Gasteiger partial charge on any atom is 0.325 e. The summed E-state index contributed by atoms with van der Waals surface area (Å²) in [6, 6.07) is 4.64. The average molecular weight is 722 g/mol. The molecule has 0 amide bonds. The van der Waals surface area contributed by atoms with E-state index in [9.17, 15) is 14.6 Å². The number of imidazole rings is 1. The van der Waals surface area contributed by atoms with Crippen LogP contribution in [0.15, 0.2) is 41.7 Å². The number of hydrogen-bond acceptors (Lipinski definition) is 13. The van der Waals surface area contributed by atoms with Crippen molar-refractivity contribution in [1.29, 1.82) is 0 Å². The molecule has 3 fully saturated rings. The van der Waals surface area contributed by atoms with Crippen molar-refractivity contribution in [2.24, 2.45) is 0 Å². The zero-order valence-electron chi connectivity index (χ0n) is 23.4. The van der Waals surface area contributed by atoms with Gasteiger partial charge in [0.05, 0.1) is 31.2 Å². The SMILES string of the molecule is Nc1cc2c(ncn2[C@@H]2O[C@@H]3COP(O)(=S)O[C@H]4[C@H](F)[C@H](n5ccc6c(N)ccnc65)O[C@@H]4CCOP(O)(=S)O[C@@H]2[C@@H]3F)c(=O)[nH]1. The predicted octanol–water partition coefficient (Wildman–Crippen LogP) is 2.05. The van der Waals surface area contributed by atoms with Crippen LogP contribution in [0.4, 0.5) is 20.3 Å². The zero-order chi connectivity index (χ0) is 32.5. The van der Waals surface area contributed by atoms with Gasteiger partial charge in [-0.3, -0.25) is 13.8 Å². The maximum atomic E-state index is 16.1. The highest BCUT2D eigenvalue weighted by molar-refractivity contribution is 8.07. The summed E-state index contributed by atoms with van der Waals surface area (Å²) in [5, 5.41) is 0.572. The summed E-state index contributed by atoms with van der Waals surface area (Å²) in [7, 11) is 0. The summed E-state index contributed by atoms with van der Waals surface area (Å²) < 4.78 is 68.9. The summed E-state index contributed by atoms with van der Waals surface area (Å²) in [5.41, 5.74) is 12.2. The number of nitrogens with two attached hydrogens (primary N) is 2. The fraction of sp³-hybridized carbons (Fsp3) is 0.458. The van der Waals surface area contributed by atoms with Crippen molar-refractivity contribution in [3.8, 4) is 0 Å². The van der Waals surface area contributed by atoms with Crippen LogP contribution in [0.25, 0.3) is 22.1 Å². The van der Waals surface area contributed by atoms with Gasteiger partial charge in [0.25, 0.3) is 5.56 Å². The standard InChI is InChI=1S/C24H27F2N7O9P2S2/c25-16-14-8-38-44(36,46)41-19-13(39-23(17(19)26)32-5-2-10-11(27)1-4-29-21(10)32)3-6-37-43(35,45)42-20(16)24(40-14)33-9-30-18-12(33)7-15(28)31-22(18)34/h1-2,4-5,7,9,13-14,16-17,19-20,23-24H,3,6,8H2,(H2,27,29)(H,35,45)(H,36,46)(H3,28,31,34)/t13-,14-,16-,17+,19-,20-,23-,24-,43?,44?/m1/s1. The number of H-pyrrole nitrogens is 1. The molecule has 22 heteroatoms. The van der Waals surface area contributed by atoms with Crippen molar-refractivity contribution < 1.29 is 46.1 Å². The molecule has 3 aliphatic heterocycles. The zero-order valence-corrected chi connectivity index (χ0v) is 26.8. The summed E-state index contributed by atoms with van der Waals surface area (Å²) in [6.07, 6.45) is -8.06. The van der Waals surface area contributed by atoms with Gasteiger partial charge in [0.1, 0.15) is 29.8 Å². The van der Waals surface area contributed by atoms with Crippen LogP contribution in [-0.4, -0.2) is 83.8 Å². The Balaban J connectivity index is 1.18. The quantitative estimate of drug-likeness (QED) is 0.187. The molecule has 0 spiro atoms. The third-order valence-corrected chi connectivity index (χ3v) is 11.0. The number of anilines is 2. The second-order valence-electron chi connectivity index (χ2n) is 10.8. The lowest BCUT2D eigenvalue weighted by atomic mass is 10.1. The van der Waals surface area contributed by atoms with Crippen LogP contribution >= 0.6 is 13.4 Å². The van der Waals surface area contributed by atoms with Crippen LogP contribution in [0, 0.1) is 0 Å². The topological polar surface area (TPSA) is 216 Å². The fourth-order valence-corrected chi connectivity index (χ4v) is 8.69. The van der Waals surface area contributed by atoms with Gasteiger partial charge in [-0.25, -0.2) is 18.7 Å². The van der Waals surface area contributed by atoms with Crippen molar-refractivity contribution in [2.45, 2.75) is 55.6 Å². The lowest BCUT2D eigenvalue weighted by molar-refractivity contribution is -0.0466. The Morgan fingerprint density at radius 2 is 1.72 bits per heavy atom. The number of nitrogen functional groups attached to an aromatic ring is 2. The van der Waals surface area contributed by atoms with E-state index in [1.807, 2.05) is 0 Å². The first-order valence-corrected chi connectivity index (χ1v) is 19.0. The van der Waals surface area contributed by atoms with E-state index < -0.39 is 74.8 Å². The molecule has 7 heterocycles. The van der Waals surface area contributed by atoms with E-state index in [4.69, 9.17) is 62.6 Å². The van der Waals surface area contributed by atoms with Crippen LogP contribution < -0.4 is 17.0 Å². The Morgan fingerprint density at radius 1 is 0.978 bits per heavy atom. The minimum absolute atomic E-state index is 0.00467. The molecule has 2 unspecified atom stereocenters. The van der Waals surface area contributed by atoms with E-state index in [2.05, 4.69) is 15.0 Å². The summed E-state index contributed by atoms with van der Waals surface area (Å²) in [4.78, 5) is 45.1. The van der Waals surface area contributed by atoms with E-state index in [0.717, 1.165) is 0 Å². The third kappa shape index (κ3) is 5.80. The number of aromatic amines is 1. The highest BCUT2D eigenvalue weighted by Crippen LogP contribution is 2.54. The van der Waals surface area contributed by atoms with Gasteiger partial charge >= 0.3 is 13.4 Å². The number of halogens is 2. The van der Waals surface area contributed by atoms with Gasteiger partial charge in [0.15, 0.2) is 30.3 Å². The number of alkyl halides is 2. The van der Waals surface area contributed by atoms with Gasteiger partial charge in [-0.2, -0.15) is 0 Å². The van der Waals surface area contributed by atoms with E-state index >= 15 is 8.78 Å². The Labute approximate surface area is 268 Å². The summed E-state index contributed by atoms with van der Waals surface area (Å²) in [6.45, 7) is -9.44. The van der Waals surface area contributed by atoms with Crippen molar-refractivity contribution in [3.05, 3.63) is 47.3 Å². The average Bonchev–Trinajstić information content (AvgIpc) is 3.74. The molecule has 16 nitrogen and oxygen atoms in total. The first-order chi connectivity index (χ1) is 21.8. The number of hydrogen-bond donors (Lipinski definition) is 5. The van der Waals surface area contributed by atoms with Crippen LogP contribution in [0.1, 0.15) is 18.9 Å². The van der Waals surface area contributed by atoms with Crippen LogP contribution in [0.5, 0.6) is 0 Å². The van der Waals surface area contributed by atoms with E-state index in [1.165, 1.54) is 27.7 Å². The maximum absolute atomic E-state index is 16.1. The first-order valence-electron chi connectivity index (χ1n) is 13.8. The van der Waals surface area contributed by atoms with Crippen LogP contribution in [0.2, 0.25) is 0 Å². The van der Waals surface area contributed by atoms with Crippen molar-refractivity contribution in [2.75, 3.05) is 24.7 Å². The molecular formula is C24H27F2N7O9P2S2. The van der Waals surface area contributed by atoms with Crippen molar-refractivity contribution in [1.82, 2.24) is 24.1 Å². The molecule has 0 saturated carbocycles. The lowest BCUT2D eigenvalue weighted by Crippen LogP contribution is -2.34. The fourth-order valence-electron chi connectivity index (χ4n) is 5.81. The van der Waals surface area contributed by atoms with Crippen LogP contribution in [-0.2, 0) is 51.2 Å². The predicted molar refractivity (Wildman–Crippen MR) is 166 cm³/mol. The number of nitrogens with zero attached hydrogens (tertiary/aromatic N) is 4. The normalized spacial score (nSPS) is 37.4. The largest absolute Gasteiger partial charge is 0.398 e. The number of pyridine rings is 2. The number of ether oxygens (including phenoxy) is 2. The van der Waals surface area contributed by atoms with E-state index in [1.54, 1.807) is 18.3 Å². The van der Waals surface area contributed by atoms with E-state index in [-0.39, 0.29) is 29.9 Å². The highest BCUT2D eigenvalue weighted by atomic mass is 32.5. The Kier molecular flexibility index (Phi) is 8.31. The third-order valence-electron chi connectivity index (χ3n) is 7.89. The Morgan fingerprint density at radius 3 is 2.52 bits per heavy atom. The highest BCUT2D eigenvalue weighted by Gasteiger charge is 2.52. The molecule has 0 radical (unpaired) electrons. The van der Waals surface area contributed by atoms with Gasteiger partial charge in [-0.1, -0.05) is 0 Å². The van der Waals surface area contributed by atoms with Crippen molar-refractivity contribution in [3.63, 3.8) is 0 Å². The minimum Gasteiger partial charge on any atom is -0.398 e. The molecule has 3 saturated heterocycles. The molecule has 248 valence electrons.